The zero-order chi connectivity index (χ0) is 12.1. The molecular weight excluding hydrogens is 252 g/mol. The van der Waals surface area contributed by atoms with Crippen molar-refractivity contribution in [3.8, 4) is 5.75 Å². The molecule has 0 N–H and O–H groups in total. The molecule has 0 bridgehead atoms. The monoisotopic (exact) mass is 266 g/mol. The van der Waals surface area contributed by atoms with Crippen LogP contribution in [0.2, 0.25) is 0 Å². The highest BCUT2D eigenvalue weighted by atomic mass is 35.5. The van der Waals surface area contributed by atoms with Gasteiger partial charge in [-0.15, -0.1) is 11.6 Å². The molecule has 2 rings (SSSR count). The van der Waals surface area contributed by atoms with Crippen molar-refractivity contribution < 1.29 is 4.74 Å². The van der Waals surface area contributed by atoms with E-state index >= 15 is 0 Å². The number of hydrogen-bond donors (Lipinski definition) is 0. The summed E-state index contributed by atoms with van der Waals surface area (Å²) in [5, 5.41) is 4.25. The van der Waals surface area contributed by atoms with Crippen molar-refractivity contribution in [2.24, 2.45) is 0 Å². The maximum atomic E-state index is 6.39. The zero-order valence-corrected chi connectivity index (χ0v) is 11.3. The Morgan fingerprint density at radius 1 is 1.24 bits per heavy atom. The molecule has 1 atom stereocenters. The highest BCUT2D eigenvalue weighted by Crippen LogP contribution is 2.27. The molecular formula is C14H15ClOS. The van der Waals surface area contributed by atoms with Gasteiger partial charge in [-0.05, 0) is 53.4 Å². The highest BCUT2D eigenvalue weighted by Gasteiger charge is 2.09. The predicted octanol–water partition coefficient (Wildman–Crippen LogP) is 4.67. The molecule has 0 amide bonds. The van der Waals surface area contributed by atoms with Crippen LogP contribution in [0.3, 0.4) is 0 Å². The van der Waals surface area contributed by atoms with Gasteiger partial charge in [-0.25, -0.2) is 0 Å². The lowest BCUT2D eigenvalue weighted by Gasteiger charge is -2.10. The number of alkyl halides is 1. The summed E-state index contributed by atoms with van der Waals surface area (Å²) in [5.41, 5.74) is 2.44. The van der Waals surface area contributed by atoms with Crippen molar-refractivity contribution in [1.82, 2.24) is 0 Å². The standard InChI is InChI=1S/C14H15ClOS/c1-2-16-13-5-3-12(4-6-13)14(15)9-11-7-8-17-10-11/h3-8,10,14H,2,9H2,1H3. The van der Waals surface area contributed by atoms with Crippen molar-refractivity contribution in [1.29, 1.82) is 0 Å². The van der Waals surface area contributed by atoms with Gasteiger partial charge in [-0.3, -0.25) is 0 Å². The Kier molecular flexibility index (Phi) is 4.46. The van der Waals surface area contributed by atoms with Crippen molar-refractivity contribution in [2.45, 2.75) is 18.7 Å². The quantitative estimate of drug-likeness (QED) is 0.715. The molecule has 0 aliphatic rings. The Bertz CT molecular complexity index is 436. The number of ether oxygens (including phenoxy) is 1. The van der Waals surface area contributed by atoms with Gasteiger partial charge in [0.1, 0.15) is 5.75 Å². The summed E-state index contributed by atoms with van der Waals surface area (Å²) in [6.07, 6.45) is 0.874. The van der Waals surface area contributed by atoms with E-state index < -0.39 is 0 Å². The van der Waals surface area contributed by atoms with Crippen molar-refractivity contribution in [2.75, 3.05) is 6.61 Å². The Balaban J connectivity index is 2.01. The van der Waals surface area contributed by atoms with E-state index in [2.05, 4.69) is 16.8 Å². The third-order valence-corrected chi connectivity index (χ3v) is 3.69. The lowest BCUT2D eigenvalue weighted by atomic mass is 10.1. The first-order valence-electron chi connectivity index (χ1n) is 5.67. The first-order valence-corrected chi connectivity index (χ1v) is 7.05. The SMILES string of the molecule is CCOc1ccc(C(Cl)Cc2ccsc2)cc1. The lowest BCUT2D eigenvalue weighted by molar-refractivity contribution is 0.340. The molecule has 0 radical (unpaired) electrons. The average molecular weight is 267 g/mol. The van der Waals surface area contributed by atoms with Gasteiger partial charge < -0.3 is 4.74 Å². The third-order valence-electron chi connectivity index (χ3n) is 2.55. The first-order chi connectivity index (χ1) is 8.29. The molecule has 17 heavy (non-hydrogen) atoms. The van der Waals surface area contributed by atoms with Gasteiger partial charge in [-0.2, -0.15) is 11.3 Å². The van der Waals surface area contributed by atoms with Crippen LogP contribution >= 0.6 is 22.9 Å². The second kappa shape index (κ2) is 6.08. The summed E-state index contributed by atoms with van der Waals surface area (Å²) in [6.45, 7) is 2.67. The third kappa shape index (κ3) is 3.48. The lowest BCUT2D eigenvalue weighted by Crippen LogP contribution is -1.96. The fourth-order valence-electron chi connectivity index (χ4n) is 1.67. The van der Waals surface area contributed by atoms with Crippen LogP contribution in [0, 0.1) is 0 Å². The number of hydrogen-bond acceptors (Lipinski definition) is 2. The number of rotatable bonds is 5. The molecule has 90 valence electrons. The topological polar surface area (TPSA) is 9.23 Å². The molecule has 1 aromatic heterocycles. The van der Waals surface area contributed by atoms with Gasteiger partial charge in [0.05, 0.1) is 12.0 Å². The largest absolute Gasteiger partial charge is 0.494 e. The summed E-state index contributed by atoms with van der Waals surface area (Å²) >= 11 is 8.10. The molecule has 1 nitrogen and oxygen atoms in total. The van der Waals surface area contributed by atoms with Gasteiger partial charge in [0.25, 0.3) is 0 Å². The van der Waals surface area contributed by atoms with Crippen LogP contribution in [0.4, 0.5) is 0 Å². The maximum Gasteiger partial charge on any atom is 0.119 e. The Hall–Kier alpha value is -0.990. The van der Waals surface area contributed by atoms with E-state index in [0.717, 1.165) is 17.7 Å². The summed E-state index contributed by atoms with van der Waals surface area (Å²) in [5.74, 6) is 0.899. The maximum absolute atomic E-state index is 6.39. The molecule has 1 unspecified atom stereocenters. The summed E-state index contributed by atoms with van der Waals surface area (Å²) < 4.78 is 5.41. The predicted molar refractivity (Wildman–Crippen MR) is 74.2 cm³/mol. The van der Waals surface area contributed by atoms with Gasteiger partial charge in [-0.1, -0.05) is 12.1 Å². The van der Waals surface area contributed by atoms with Gasteiger partial charge in [0.15, 0.2) is 0 Å². The van der Waals surface area contributed by atoms with Crippen LogP contribution in [0.25, 0.3) is 0 Å². The Labute approximate surface area is 111 Å². The summed E-state index contributed by atoms with van der Waals surface area (Å²) in [7, 11) is 0. The van der Waals surface area contributed by atoms with Crippen LogP contribution in [0.15, 0.2) is 41.1 Å². The fourth-order valence-corrected chi connectivity index (χ4v) is 2.68. The number of thiophene rings is 1. The molecule has 0 spiro atoms. The van der Waals surface area contributed by atoms with Crippen molar-refractivity contribution in [3.05, 3.63) is 52.2 Å². The molecule has 0 aliphatic heterocycles. The van der Waals surface area contributed by atoms with Gasteiger partial charge in [0.2, 0.25) is 0 Å². The molecule has 1 heterocycles. The van der Waals surface area contributed by atoms with Crippen LogP contribution < -0.4 is 4.74 Å². The molecule has 2 aromatic rings. The van der Waals surface area contributed by atoms with E-state index in [4.69, 9.17) is 16.3 Å². The minimum Gasteiger partial charge on any atom is -0.494 e. The van der Waals surface area contributed by atoms with Crippen molar-refractivity contribution >= 4 is 22.9 Å². The number of halogens is 1. The van der Waals surface area contributed by atoms with E-state index in [1.54, 1.807) is 11.3 Å². The summed E-state index contributed by atoms with van der Waals surface area (Å²) in [6, 6.07) is 10.1. The average Bonchev–Trinajstić information content (AvgIpc) is 2.83. The number of benzene rings is 1. The van der Waals surface area contributed by atoms with E-state index in [0.29, 0.717) is 6.61 Å². The van der Waals surface area contributed by atoms with Crippen LogP contribution in [0.5, 0.6) is 5.75 Å². The molecule has 0 saturated heterocycles. The van der Waals surface area contributed by atoms with Crippen LogP contribution in [-0.4, -0.2) is 6.61 Å². The Morgan fingerprint density at radius 3 is 2.59 bits per heavy atom. The first kappa shape index (κ1) is 12.5. The second-order valence-corrected chi connectivity index (χ2v) is 5.11. The van der Waals surface area contributed by atoms with Gasteiger partial charge >= 0.3 is 0 Å². The van der Waals surface area contributed by atoms with Crippen LogP contribution in [-0.2, 0) is 6.42 Å². The molecule has 0 aliphatic carbocycles. The Morgan fingerprint density at radius 2 is 2.00 bits per heavy atom. The highest BCUT2D eigenvalue weighted by molar-refractivity contribution is 7.07. The van der Waals surface area contributed by atoms with Gasteiger partial charge in [0, 0.05) is 0 Å². The zero-order valence-electron chi connectivity index (χ0n) is 9.73. The van der Waals surface area contributed by atoms with E-state index in [1.165, 1.54) is 5.56 Å². The fraction of sp³-hybridized carbons (Fsp3) is 0.286. The summed E-state index contributed by atoms with van der Waals surface area (Å²) in [4.78, 5) is 0. The van der Waals surface area contributed by atoms with Crippen molar-refractivity contribution in [3.63, 3.8) is 0 Å². The van der Waals surface area contributed by atoms with E-state index in [9.17, 15) is 0 Å². The minimum atomic E-state index is 0.0280. The minimum absolute atomic E-state index is 0.0280. The van der Waals surface area contributed by atoms with Crippen LogP contribution in [0.1, 0.15) is 23.4 Å². The molecule has 3 heteroatoms. The smallest absolute Gasteiger partial charge is 0.119 e. The second-order valence-electron chi connectivity index (χ2n) is 3.81. The van der Waals surface area contributed by atoms with E-state index in [1.807, 2.05) is 31.2 Å². The normalized spacial score (nSPS) is 12.4. The molecule has 0 fully saturated rings. The molecule has 1 aromatic carbocycles. The van der Waals surface area contributed by atoms with E-state index in [-0.39, 0.29) is 5.38 Å². The molecule has 0 saturated carbocycles.